The van der Waals surface area contributed by atoms with E-state index in [1.165, 1.54) is 0 Å². The molecule has 1 rings (SSSR count). The predicted molar refractivity (Wildman–Crippen MR) is 54.5 cm³/mol. The van der Waals surface area contributed by atoms with Gasteiger partial charge in [-0.05, 0) is 25.7 Å². The third kappa shape index (κ3) is 2.88. The number of hydrogen-bond donors (Lipinski definition) is 1. The second kappa shape index (κ2) is 5.07. The summed E-state index contributed by atoms with van der Waals surface area (Å²) in [5, 5.41) is 8.83. The maximum atomic E-state index is 13.9. The molecule has 1 aliphatic rings. The van der Waals surface area contributed by atoms with E-state index in [1.807, 2.05) is 0 Å². The van der Waals surface area contributed by atoms with Crippen molar-refractivity contribution in [1.82, 2.24) is 0 Å². The van der Waals surface area contributed by atoms with Crippen LogP contribution in [0.15, 0.2) is 12.7 Å². The van der Waals surface area contributed by atoms with E-state index < -0.39 is 42.6 Å². The minimum absolute atomic E-state index is 0.185. The van der Waals surface area contributed by atoms with Crippen molar-refractivity contribution < 1.29 is 36.6 Å². The minimum atomic E-state index is -5.50. The van der Waals surface area contributed by atoms with Crippen LogP contribution in [0.5, 0.6) is 0 Å². The first-order chi connectivity index (χ1) is 8.57. The second-order valence-corrected chi connectivity index (χ2v) is 4.39. The Morgan fingerprint density at radius 1 is 1.26 bits per heavy atom. The summed E-state index contributed by atoms with van der Waals surface area (Å²) in [6.07, 6.45) is -9.29. The predicted octanol–water partition coefficient (Wildman–Crippen LogP) is 2.59. The van der Waals surface area contributed by atoms with Gasteiger partial charge in [-0.25, -0.2) is 4.79 Å². The Labute approximate surface area is 106 Å². The summed E-state index contributed by atoms with van der Waals surface area (Å²) in [5.41, 5.74) is -2.63. The Morgan fingerprint density at radius 3 is 2.11 bits per heavy atom. The Kier molecular flexibility index (Phi) is 4.23. The van der Waals surface area contributed by atoms with Gasteiger partial charge in [0, 0.05) is 6.08 Å². The van der Waals surface area contributed by atoms with Crippen LogP contribution in [0.3, 0.4) is 0 Å². The van der Waals surface area contributed by atoms with Crippen molar-refractivity contribution in [3.05, 3.63) is 12.7 Å². The van der Waals surface area contributed by atoms with Crippen LogP contribution in [0.2, 0.25) is 0 Å². The molecular formula is C11H13F5O3. The van der Waals surface area contributed by atoms with Crippen LogP contribution in [-0.2, 0) is 9.53 Å². The van der Waals surface area contributed by atoms with Crippen molar-refractivity contribution >= 4 is 5.97 Å². The summed E-state index contributed by atoms with van der Waals surface area (Å²) in [6.45, 7) is 3.01. The van der Waals surface area contributed by atoms with E-state index in [9.17, 15) is 26.7 Å². The van der Waals surface area contributed by atoms with Gasteiger partial charge in [-0.2, -0.15) is 22.0 Å². The topological polar surface area (TPSA) is 46.5 Å². The molecule has 1 fully saturated rings. The molecule has 0 heterocycles. The lowest BCUT2D eigenvalue weighted by Crippen LogP contribution is -2.60. The zero-order valence-electron chi connectivity index (χ0n) is 9.84. The third-order valence-electron chi connectivity index (χ3n) is 3.13. The molecule has 0 aromatic rings. The van der Waals surface area contributed by atoms with E-state index in [-0.39, 0.29) is 12.8 Å². The van der Waals surface area contributed by atoms with Crippen LogP contribution in [0.4, 0.5) is 22.0 Å². The highest BCUT2D eigenvalue weighted by Gasteiger charge is 2.68. The minimum Gasteiger partial charge on any atom is -0.449 e. The van der Waals surface area contributed by atoms with E-state index >= 15 is 0 Å². The molecular weight excluding hydrogens is 275 g/mol. The van der Waals surface area contributed by atoms with Crippen molar-refractivity contribution in [2.24, 2.45) is 0 Å². The van der Waals surface area contributed by atoms with E-state index in [4.69, 9.17) is 5.11 Å². The summed E-state index contributed by atoms with van der Waals surface area (Å²) in [5.74, 6) is -5.85. The monoisotopic (exact) mass is 288 g/mol. The van der Waals surface area contributed by atoms with Crippen LogP contribution in [0, 0.1) is 0 Å². The van der Waals surface area contributed by atoms with Gasteiger partial charge in [-0.15, -0.1) is 0 Å². The SMILES string of the molecule is C=CC(=O)OC1(C(F)(F)C(O)C(F)(F)F)CCCC1. The van der Waals surface area contributed by atoms with E-state index in [1.54, 1.807) is 0 Å². The Bertz CT molecular complexity index is 358. The molecule has 0 saturated heterocycles. The number of esters is 1. The van der Waals surface area contributed by atoms with Gasteiger partial charge in [-0.3, -0.25) is 0 Å². The Balaban J connectivity index is 3.10. The maximum absolute atomic E-state index is 13.9. The molecule has 0 amide bonds. The summed E-state index contributed by atoms with van der Waals surface area (Å²) in [6, 6.07) is 0. The second-order valence-electron chi connectivity index (χ2n) is 4.39. The molecule has 0 aromatic heterocycles. The Hall–Kier alpha value is -1.18. The molecule has 0 spiro atoms. The van der Waals surface area contributed by atoms with Crippen LogP contribution in [-0.4, -0.2) is 34.9 Å². The number of rotatable bonds is 4. The fourth-order valence-corrected chi connectivity index (χ4v) is 2.14. The summed E-state index contributed by atoms with van der Waals surface area (Å²) in [4.78, 5) is 11.1. The largest absolute Gasteiger partial charge is 0.449 e. The maximum Gasteiger partial charge on any atom is 0.420 e. The molecule has 1 atom stereocenters. The van der Waals surface area contributed by atoms with Gasteiger partial charge in [0.15, 0.2) is 5.60 Å². The smallest absolute Gasteiger partial charge is 0.420 e. The van der Waals surface area contributed by atoms with Crippen molar-refractivity contribution in [3.63, 3.8) is 0 Å². The van der Waals surface area contributed by atoms with Gasteiger partial charge in [0.05, 0.1) is 0 Å². The van der Waals surface area contributed by atoms with Crippen LogP contribution in [0.1, 0.15) is 25.7 Å². The number of hydrogen-bond acceptors (Lipinski definition) is 3. The number of carbonyl (C=O) groups excluding carboxylic acids is 1. The van der Waals surface area contributed by atoms with Crippen molar-refractivity contribution in [3.8, 4) is 0 Å². The molecule has 3 nitrogen and oxygen atoms in total. The number of ether oxygens (including phenoxy) is 1. The molecule has 0 aliphatic heterocycles. The van der Waals surface area contributed by atoms with Gasteiger partial charge in [0.25, 0.3) is 0 Å². The molecule has 1 N–H and O–H groups in total. The number of alkyl halides is 5. The third-order valence-corrected chi connectivity index (χ3v) is 3.13. The highest BCUT2D eigenvalue weighted by Crippen LogP contribution is 2.49. The molecule has 19 heavy (non-hydrogen) atoms. The molecule has 0 radical (unpaired) electrons. The normalized spacial score (nSPS) is 20.9. The number of aliphatic hydroxyl groups excluding tert-OH is 1. The number of halogens is 5. The Morgan fingerprint density at radius 2 is 1.74 bits per heavy atom. The average molecular weight is 288 g/mol. The van der Waals surface area contributed by atoms with Gasteiger partial charge in [-0.1, -0.05) is 6.58 Å². The fraction of sp³-hybridized carbons (Fsp3) is 0.727. The lowest BCUT2D eigenvalue weighted by atomic mass is 9.89. The first-order valence-corrected chi connectivity index (χ1v) is 5.55. The first kappa shape index (κ1) is 15.9. The highest BCUT2D eigenvalue weighted by atomic mass is 19.4. The van der Waals surface area contributed by atoms with E-state index in [0.717, 1.165) is 0 Å². The molecule has 8 heteroatoms. The molecule has 1 aliphatic carbocycles. The van der Waals surface area contributed by atoms with Crippen LogP contribution < -0.4 is 0 Å². The zero-order valence-corrected chi connectivity index (χ0v) is 9.84. The highest BCUT2D eigenvalue weighted by molar-refractivity contribution is 5.81. The molecule has 1 unspecified atom stereocenters. The standard InChI is InChI=1S/C11H13F5O3/c1-2-7(17)19-9(5-3-4-6-9)10(12,13)8(18)11(14,15)16/h2,8,18H,1,3-6H2. The zero-order chi connectivity index (χ0) is 14.9. The van der Waals surface area contributed by atoms with Gasteiger partial charge in [0.1, 0.15) is 0 Å². The molecule has 1 saturated carbocycles. The lowest BCUT2D eigenvalue weighted by molar-refractivity contribution is -0.314. The van der Waals surface area contributed by atoms with Crippen molar-refractivity contribution in [2.45, 2.75) is 49.5 Å². The first-order valence-electron chi connectivity index (χ1n) is 5.55. The van der Waals surface area contributed by atoms with E-state index in [2.05, 4.69) is 11.3 Å². The van der Waals surface area contributed by atoms with Gasteiger partial charge in [0.2, 0.25) is 6.10 Å². The fourth-order valence-electron chi connectivity index (χ4n) is 2.14. The lowest BCUT2D eigenvalue weighted by Gasteiger charge is -2.39. The molecule has 0 bridgehead atoms. The van der Waals surface area contributed by atoms with Crippen molar-refractivity contribution in [2.75, 3.05) is 0 Å². The van der Waals surface area contributed by atoms with E-state index in [0.29, 0.717) is 6.08 Å². The van der Waals surface area contributed by atoms with Gasteiger partial charge >= 0.3 is 18.1 Å². The van der Waals surface area contributed by atoms with Gasteiger partial charge < -0.3 is 9.84 Å². The average Bonchev–Trinajstić information content (AvgIpc) is 2.76. The number of aliphatic hydroxyl groups is 1. The van der Waals surface area contributed by atoms with Crippen LogP contribution in [0.25, 0.3) is 0 Å². The quantitative estimate of drug-likeness (QED) is 0.491. The summed E-state index contributed by atoms with van der Waals surface area (Å²) in [7, 11) is 0. The van der Waals surface area contributed by atoms with Crippen LogP contribution >= 0.6 is 0 Å². The summed E-state index contributed by atoms with van der Waals surface area (Å²) < 4.78 is 69.1. The van der Waals surface area contributed by atoms with Crippen molar-refractivity contribution in [1.29, 1.82) is 0 Å². The molecule has 0 aromatic carbocycles. The summed E-state index contributed by atoms with van der Waals surface area (Å²) >= 11 is 0. The number of carbonyl (C=O) groups is 1. The molecule has 110 valence electrons.